The summed E-state index contributed by atoms with van der Waals surface area (Å²) in [5, 5.41) is 2.42. The van der Waals surface area contributed by atoms with Gasteiger partial charge in [0.2, 0.25) is 0 Å². The third-order valence-corrected chi connectivity index (χ3v) is 3.81. The van der Waals surface area contributed by atoms with Crippen LogP contribution >= 0.6 is 0 Å². The average Bonchev–Trinajstić information content (AvgIpc) is 2.46. The zero-order valence-electron chi connectivity index (χ0n) is 12.0. The summed E-state index contributed by atoms with van der Waals surface area (Å²) < 4.78 is 13.5. The Bertz CT molecular complexity index is 754. The van der Waals surface area contributed by atoms with Crippen molar-refractivity contribution in [2.75, 3.05) is 0 Å². The minimum Gasteiger partial charge on any atom is -0.324 e. The van der Waals surface area contributed by atoms with Gasteiger partial charge in [-0.25, -0.2) is 4.39 Å². The van der Waals surface area contributed by atoms with Crippen molar-refractivity contribution in [2.45, 2.75) is 19.4 Å². The smallest absolute Gasteiger partial charge is 0.123 e. The quantitative estimate of drug-likeness (QED) is 0.749. The molecule has 2 heteroatoms. The van der Waals surface area contributed by atoms with Gasteiger partial charge in [0.25, 0.3) is 0 Å². The second-order valence-electron chi connectivity index (χ2n) is 5.51. The van der Waals surface area contributed by atoms with Gasteiger partial charge in [-0.1, -0.05) is 48.5 Å². The minimum atomic E-state index is -0.224. The monoisotopic (exact) mass is 279 g/mol. The molecule has 1 nitrogen and oxygen atoms in total. The number of rotatable bonds is 3. The van der Waals surface area contributed by atoms with Crippen molar-refractivity contribution in [3.63, 3.8) is 0 Å². The summed E-state index contributed by atoms with van der Waals surface area (Å²) in [6.07, 6.45) is 0.699. The topological polar surface area (TPSA) is 26.0 Å². The van der Waals surface area contributed by atoms with Crippen LogP contribution in [0.2, 0.25) is 0 Å². The molecule has 1 atom stereocenters. The summed E-state index contributed by atoms with van der Waals surface area (Å²) in [7, 11) is 0. The second-order valence-corrected chi connectivity index (χ2v) is 5.51. The first-order valence-corrected chi connectivity index (χ1v) is 7.13. The number of aryl methyl sites for hydroxylation is 1. The average molecular weight is 279 g/mol. The maximum Gasteiger partial charge on any atom is 0.123 e. The van der Waals surface area contributed by atoms with Crippen LogP contribution in [0.1, 0.15) is 22.7 Å². The second kappa shape index (κ2) is 5.66. The highest BCUT2D eigenvalue weighted by Crippen LogP contribution is 2.24. The zero-order chi connectivity index (χ0) is 14.8. The van der Waals surface area contributed by atoms with Crippen molar-refractivity contribution in [2.24, 2.45) is 5.73 Å². The van der Waals surface area contributed by atoms with Gasteiger partial charge >= 0.3 is 0 Å². The molecule has 0 aromatic heterocycles. The van der Waals surface area contributed by atoms with E-state index in [4.69, 9.17) is 5.73 Å². The van der Waals surface area contributed by atoms with Gasteiger partial charge in [-0.05, 0) is 52.9 Å². The van der Waals surface area contributed by atoms with Gasteiger partial charge in [-0.2, -0.15) is 0 Å². The van der Waals surface area contributed by atoms with Crippen LogP contribution in [-0.2, 0) is 6.42 Å². The van der Waals surface area contributed by atoms with E-state index in [9.17, 15) is 4.39 Å². The summed E-state index contributed by atoms with van der Waals surface area (Å²) >= 11 is 0. The molecule has 0 bridgehead atoms. The Balaban J connectivity index is 1.94. The summed E-state index contributed by atoms with van der Waals surface area (Å²) in [6.45, 7) is 1.89. The van der Waals surface area contributed by atoms with E-state index in [1.165, 1.54) is 28.5 Å². The van der Waals surface area contributed by atoms with E-state index in [1.807, 2.05) is 31.2 Å². The van der Waals surface area contributed by atoms with Crippen LogP contribution < -0.4 is 5.73 Å². The molecule has 0 saturated carbocycles. The zero-order valence-corrected chi connectivity index (χ0v) is 12.0. The van der Waals surface area contributed by atoms with E-state index in [0.717, 1.165) is 11.1 Å². The van der Waals surface area contributed by atoms with E-state index >= 15 is 0 Å². The molecule has 0 aliphatic rings. The highest BCUT2D eigenvalue weighted by Gasteiger charge is 2.11. The van der Waals surface area contributed by atoms with E-state index in [0.29, 0.717) is 6.42 Å². The fraction of sp³-hybridized carbons (Fsp3) is 0.158. The number of benzene rings is 3. The highest BCUT2D eigenvalue weighted by molar-refractivity contribution is 5.85. The molecule has 1 unspecified atom stereocenters. The number of halogens is 1. The molecule has 0 saturated heterocycles. The Hall–Kier alpha value is -2.19. The molecule has 3 aromatic carbocycles. The summed E-state index contributed by atoms with van der Waals surface area (Å²) in [5.74, 6) is -0.224. The first-order chi connectivity index (χ1) is 10.1. The SMILES string of the molecule is Cc1cc(F)cc(C(N)Cc2cccc3ccccc23)c1. The molecule has 0 heterocycles. The van der Waals surface area contributed by atoms with Gasteiger partial charge in [0, 0.05) is 6.04 Å². The highest BCUT2D eigenvalue weighted by atomic mass is 19.1. The van der Waals surface area contributed by atoms with E-state index in [1.54, 1.807) is 0 Å². The Morgan fingerprint density at radius 1 is 1.00 bits per heavy atom. The lowest BCUT2D eigenvalue weighted by Crippen LogP contribution is -2.14. The maximum absolute atomic E-state index is 13.5. The number of fused-ring (bicyclic) bond motifs is 1. The molecular formula is C19H18FN. The molecule has 3 aromatic rings. The maximum atomic E-state index is 13.5. The minimum absolute atomic E-state index is 0.204. The summed E-state index contributed by atoms with van der Waals surface area (Å²) in [4.78, 5) is 0. The predicted molar refractivity (Wildman–Crippen MR) is 85.7 cm³/mol. The van der Waals surface area contributed by atoms with Crippen molar-refractivity contribution in [3.8, 4) is 0 Å². The van der Waals surface area contributed by atoms with Crippen LogP contribution in [0.4, 0.5) is 4.39 Å². The fourth-order valence-corrected chi connectivity index (χ4v) is 2.80. The van der Waals surface area contributed by atoms with Crippen LogP contribution in [0, 0.1) is 12.7 Å². The molecule has 106 valence electrons. The lowest BCUT2D eigenvalue weighted by molar-refractivity contribution is 0.617. The van der Waals surface area contributed by atoms with Crippen molar-refractivity contribution in [1.29, 1.82) is 0 Å². The first kappa shape index (κ1) is 13.8. The van der Waals surface area contributed by atoms with Crippen LogP contribution in [0.5, 0.6) is 0 Å². The van der Waals surface area contributed by atoms with Gasteiger partial charge in [-0.15, -0.1) is 0 Å². The Morgan fingerprint density at radius 3 is 2.57 bits per heavy atom. The van der Waals surface area contributed by atoms with E-state index in [-0.39, 0.29) is 11.9 Å². The van der Waals surface area contributed by atoms with Gasteiger partial charge in [0.05, 0.1) is 0 Å². The third kappa shape index (κ3) is 2.96. The molecule has 2 N–H and O–H groups in total. The Labute approximate surface area is 124 Å². The molecular weight excluding hydrogens is 261 g/mol. The van der Waals surface area contributed by atoms with Gasteiger partial charge < -0.3 is 5.73 Å². The van der Waals surface area contributed by atoms with Gasteiger partial charge in [-0.3, -0.25) is 0 Å². The molecule has 0 amide bonds. The lowest BCUT2D eigenvalue weighted by atomic mass is 9.95. The molecule has 0 spiro atoms. The number of nitrogens with two attached hydrogens (primary N) is 1. The third-order valence-electron chi connectivity index (χ3n) is 3.81. The standard InChI is InChI=1S/C19H18FN/c1-13-9-16(11-17(20)10-13)19(21)12-15-7-4-6-14-5-2-3-8-18(14)15/h2-11,19H,12,21H2,1H3. The van der Waals surface area contributed by atoms with Crippen LogP contribution in [0.3, 0.4) is 0 Å². The first-order valence-electron chi connectivity index (χ1n) is 7.13. The summed E-state index contributed by atoms with van der Waals surface area (Å²) in [6, 6.07) is 19.3. The van der Waals surface area contributed by atoms with E-state index in [2.05, 4.69) is 24.3 Å². The molecule has 21 heavy (non-hydrogen) atoms. The largest absolute Gasteiger partial charge is 0.324 e. The predicted octanol–water partition coefficient (Wildman–Crippen LogP) is 4.53. The molecule has 0 aliphatic carbocycles. The van der Waals surface area contributed by atoms with Crippen LogP contribution in [0.15, 0.2) is 60.7 Å². The van der Waals surface area contributed by atoms with Gasteiger partial charge in [0.15, 0.2) is 0 Å². The summed E-state index contributed by atoms with van der Waals surface area (Å²) in [5.41, 5.74) is 9.23. The van der Waals surface area contributed by atoms with Crippen molar-refractivity contribution >= 4 is 10.8 Å². The van der Waals surface area contributed by atoms with Crippen molar-refractivity contribution in [3.05, 3.63) is 83.2 Å². The number of hydrogen-bond donors (Lipinski definition) is 1. The Morgan fingerprint density at radius 2 is 1.76 bits per heavy atom. The van der Waals surface area contributed by atoms with Crippen molar-refractivity contribution < 1.29 is 4.39 Å². The molecule has 0 aliphatic heterocycles. The Kier molecular flexibility index (Phi) is 3.72. The number of hydrogen-bond acceptors (Lipinski definition) is 1. The lowest BCUT2D eigenvalue weighted by Gasteiger charge is -2.15. The fourth-order valence-electron chi connectivity index (χ4n) is 2.80. The van der Waals surface area contributed by atoms with E-state index < -0.39 is 0 Å². The molecule has 0 radical (unpaired) electrons. The molecule has 0 fully saturated rings. The normalized spacial score (nSPS) is 12.5. The molecule has 3 rings (SSSR count). The van der Waals surface area contributed by atoms with Crippen molar-refractivity contribution in [1.82, 2.24) is 0 Å². The van der Waals surface area contributed by atoms with Crippen LogP contribution in [0.25, 0.3) is 10.8 Å². The van der Waals surface area contributed by atoms with Crippen LogP contribution in [-0.4, -0.2) is 0 Å². The van der Waals surface area contributed by atoms with Gasteiger partial charge in [0.1, 0.15) is 5.82 Å².